The Kier molecular flexibility index (Phi) is 5.43. The SMILES string of the molecule is CC(Oc1cccnc1)C(=O)N1Cc2c(NC(=O)C3([Si-](C)(C)C)CCC3)n[nH]c2C1(C)C. The van der Waals surface area contributed by atoms with Gasteiger partial charge < -0.3 is 15.0 Å². The van der Waals surface area contributed by atoms with Gasteiger partial charge in [-0.3, -0.25) is 19.7 Å². The lowest BCUT2D eigenvalue weighted by Gasteiger charge is -2.57. The van der Waals surface area contributed by atoms with Crippen molar-refractivity contribution in [3.8, 4) is 5.75 Å². The average molecular weight is 456 g/mol. The molecule has 2 aromatic heterocycles. The van der Waals surface area contributed by atoms with Gasteiger partial charge in [0.25, 0.3) is 5.91 Å². The molecular weight excluding hydrogens is 422 g/mol. The molecule has 1 unspecified atom stereocenters. The van der Waals surface area contributed by atoms with Crippen LogP contribution in [-0.4, -0.2) is 46.1 Å². The van der Waals surface area contributed by atoms with Crippen LogP contribution >= 0.6 is 0 Å². The molecule has 8 nitrogen and oxygen atoms in total. The highest BCUT2D eigenvalue weighted by Gasteiger charge is 2.48. The van der Waals surface area contributed by atoms with Crippen molar-refractivity contribution in [2.45, 2.75) is 82.9 Å². The molecule has 1 fully saturated rings. The first kappa shape index (κ1) is 22.5. The first-order valence-electron chi connectivity index (χ1n) is 11.2. The molecule has 9 heteroatoms. The number of rotatable bonds is 6. The Morgan fingerprint density at radius 1 is 1.28 bits per heavy atom. The molecule has 0 aromatic carbocycles. The summed E-state index contributed by atoms with van der Waals surface area (Å²) in [6, 6.07) is 3.55. The van der Waals surface area contributed by atoms with Gasteiger partial charge >= 0.3 is 0 Å². The minimum Gasteiger partial charge on any atom is -0.479 e. The zero-order valence-corrected chi connectivity index (χ0v) is 20.8. The number of H-pyrrole nitrogens is 1. The van der Waals surface area contributed by atoms with Gasteiger partial charge in [0.1, 0.15) is 5.75 Å². The van der Waals surface area contributed by atoms with Gasteiger partial charge in [-0.25, -0.2) is 0 Å². The van der Waals surface area contributed by atoms with Gasteiger partial charge in [0, 0.05) is 11.8 Å². The van der Waals surface area contributed by atoms with Crippen molar-refractivity contribution in [3.63, 3.8) is 0 Å². The zero-order chi connectivity index (χ0) is 23.3. The van der Waals surface area contributed by atoms with Crippen LogP contribution in [0.4, 0.5) is 5.82 Å². The van der Waals surface area contributed by atoms with Gasteiger partial charge in [0.05, 0.1) is 24.0 Å². The monoisotopic (exact) mass is 455 g/mol. The second-order valence-corrected chi connectivity index (χ2v) is 16.0. The number of carbonyl (C=O) groups excluding carboxylic acids is 2. The molecule has 1 aliphatic carbocycles. The topological polar surface area (TPSA) is 100 Å². The highest BCUT2D eigenvalue weighted by Crippen LogP contribution is 2.56. The van der Waals surface area contributed by atoms with E-state index in [0.717, 1.165) is 30.5 Å². The molecular formula is C23H33N5O3Si-. The predicted octanol–water partition coefficient (Wildman–Crippen LogP) is 4.05. The minimum atomic E-state index is -1.69. The highest BCUT2D eigenvalue weighted by molar-refractivity contribution is 6.83. The largest absolute Gasteiger partial charge is 0.479 e. The van der Waals surface area contributed by atoms with Gasteiger partial charge in [0.2, 0.25) is 5.91 Å². The molecule has 0 bridgehead atoms. The van der Waals surface area contributed by atoms with Crippen LogP contribution in [0.1, 0.15) is 51.3 Å². The minimum absolute atomic E-state index is 0.0769. The van der Waals surface area contributed by atoms with Crippen molar-refractivity contribution in [2.24, 2.45) is 0 Å². The Morgan fingerprint density at radius 3 is 2.56 bits per heavy atom. The van der Waals surface area contributed by atoms with E-state index in [4.69, 9.17) is 4.74 Å². The fourth-order valence-corrected chi connectivity index (χ4v) is 7.54. The van der Waals surface area contributed by atoms with E-state index in [1.165, 1.54) is 0 Å². The molecule has 3 heterocycles. The number of hydrogen-bond donors (Lipinski definition) is 2. The third kappa shape index (κ3) is 3.52. The summed E-state index contributed by atoms with van der Waals surface area (Å²) in [6.45, 7) is 12.8. The molecule has 0 spiro atoms. The van der Waals surface area contributed by atoms with Crippen LogP contribution < -0.4 is 10.1 Å². The van der Waals surface area contributed by atoms with Crippen LogP contribution in [0, 0.1) is 0 Å². The molecule has 0 saturated heterocycles. The summed E-state index contributed by atoms with van der Waals surface area (Å²) < 4.78 is 5.81. The number of amides is 2. The van der Waals surface area contributed by atoms with E-state index in [9.17, 15) is 9.59 Å². The molecule has 1 saturated carbocycles. The molecule has 1 atom stereocenters. The summed E-state index contributed by atoms with van der Waals surface area (Å²) in [6.07, 6.45) is 5.57. The van der Waals surface area contributed by atoms with Crippen molar-refractivity contribution in [3.05, 3.63) is 35.8 Å². The number of aromatic amines is 1. The Balaban J connectivity index is 1.52. The van der Waals surface area contributed by atoms with Crippen LogP contribution in [0.15, 0.2) is 24.5 Å². The molecule has 2 aromatic rings. The first-order chi connectivity index (χ1) is 15.0. The molecule has 32 heavy (non-hydrogen) atoms. The zero-order valence-electron chi connectivity index (χ0n) is 19.8. The Bertz CT molecular complexity index is 1020. The van der Waals surface area contributed by atoms with Crippen molar-refractivity contribution in [2.75, 3.05) is 5.32 Å². The number of aromatic nitrogens is 3. The molecule has 4 rings (SSSR count). The predicted molar refractivity (Wildman–Crippen MR) is 125 cm³/mol. The normalized spacial score (nSPS) is 19.6. The number of nitrogens with one attached hydrogen (secondary N) is 2. The van der Waals surface area contributed by atoms with Crippen LogP contribution in [-0.2, 0) is 21.7 Å². The van der Waals surface area contributed by atoms with E-state index in [-0.39, 0.29) is 16.9 Å². The van der Waals surface area contributed by atoms with Gasteiger partial charge in [-0.1, -0.05) is 24.3 Å². The quantitative estimate of drug-likeness (QED) is 0.640. The lowest BCUT2D eigenvalue weighted by atomic mass is 9.83. The van der Waals surface area contributed by atoms with E-state index >= 15 is 0 Å². The number of hydrogen-bond acceptors (Lipinski definition) is 5. The highest BCUT2D eigenvalue weighted by atomic mass is 28.3. The van der Waals surface area contributed by atoms with E-state index in [1.807, 2.05) is 13.8 Å². The lowest BCUT2D eigenvalue weighted by molar-refractivity contribution is -0.143. The number of ether oxygens (including phenoxy) is 1. The van der Waals surface area contributed by atoms with E-state index in [1.54, 1.807) is 36.4 Å². The van der Waals surface area contributed by atoms with Gasteiger partial charge in [0.15, 0.2) is 11.9 Å². The number of carbonyl (C=O) groups is 2. The lowest BCUT2D eigenvalue weighted by Crippen LogP contribution is -2.52. The summed E-state index contributed by atoms with van der Waals surface area (Å²) in [7, 11) is -1.69. The Labute approximate surface area is 190 Å². The molecule has 173 valence electrons. The van der Waals surface area contributed by atoms with Crippen LogP contribution in [0.3, 0.4) is 0 Å². The summed E-state index contributed by atoms with van der Waals surface area (Å²) in [5.74, 6) is 1.04. The standard InChI is InChI=1S/C23H33N5O3Si/c1-15(31-16-9-7-12-24-13-16)20(29)28-14-17-18(22(28,2)3)26-27-19(17)25-21(30)23(10-8-11-23)32(4,5)6/h7,9,12-13,15H,8,10-11,14H2,1-6H3,(H2,25,26,27,30)/q-1. The maximum Gasteiger partial charge on any atom is 0.264 e. The van der Waals surface area contributed by atoms with Crippen molar-refractivity contribution in [1.82, 2.24) is 20.1 Å². The van der Waals surface area contributed by atoms with E-state index in [2.05, 4.69) is 40.1 Å². The fraction of sp³-hybridized carbons (Fsp3) is 0.565. The first-order valence-corrected chi connectivity index (χ1v) is 14.7. The molecule has 1 aliphatic heterocycles. The maximum atomic E-state index is 13.3. The van der Waals surface area contributed by atoms with Crippen molar-refractivity contribution in [1.29, 1.82) is 0 Å². The van der Waals surface area contributed by atoms with Gasteiger partial charge in [-0.2, -0.15) is 24.7 Å². The second-order valence-electron chi connectivity index (χ2n) is 10.5. The van der Waals surface area contributed by atoms with E-state index < -0.39 is 19.7 Å². The van der Waals surface area contributed by atoms with E-state index in [0.29, 0.717) is 18.1 Å². The maximum absolute atomic E-state index is 13.3. The van der Waals surface area contributed by atoms with Crippen LogP contribution in [0.25, 0.3) is 0 Å². The molecule has 0 radical (unpaired) electrons. The van der Waals surface area contributed by atoms with Crippen molar-refractivity contribution < 1.29 is 14.3 Å². The third-order valence-electron chi connectivity index (χ3n) is 7.34. The second kappa shape index (κ2) is 7.72. The third-order valence-corrected chi connectivity index (χ3v) is 10.9. The Hall–Kier alpha value is -2.68. The van der Waals surface area contributed by atoms with Crippen LogP contribution in [0.2, 0.25) is 24.7 Å². The average Bonchev–Trinajstić information content (AvgIpc) is 3.18. The number of fused-ring (bicyclic) bond motifs is 1. The summed E-state index contributed by atoms with van der Waals surface area (Å²) >= 11 is 0. The molecule has 2 N–H and O–H groups in total. The number of pyridine rings is 1. The molecule has 2 aliphatic rings. The fourth-order valence-electron chi connectivity index (χ4n) is 4.94. The number of nitrogens with zero attached hydrogens (tertiary/aromatic N) is 3. The van der Waals surface area contributed by atoms with Crippen molar-refractivity contribution >= 4 is 25.7 Å². The molecule has 2 amide bonds. The number of anilines is 1. The summed E-state index contributed by atoms with van der Waals surface area (Å²) in [5, 5.41) is 10.4. The summed E-state index contributed by atoms with van der Waals surface area (Å²) in [5.41, 5.74) is 1.13. The van der Waals surface area contributed by atoms with Gasteiger partial charge in [-0.15, -0.1) is 8.07 Å². The smallest absolute Gasteiger partial charge is 0.264 e. The van der Waals surface area contributed by atoms with Crippen LogP contribution in [0.5, 0.6) is 5.75 Å². The summed E-state index contributed by atoms with van der Waals surface area (Å²) in [4.78, 5) is 32.4. The van der Waals surface area contributed by atoms with Gasteiger partial charge in [-0.05, 0) is 32.9 Å². The Morgan fingerprint density at radius 2 is 2.00 bits per heavy atom.